The molecule has 0 spiro atoms. The van der Waals surface area contributed by atoms with Gasteiger partial charge < -0.3 is 0 Å². The first-order chi connectivity index (χ1) is 11.5. The Labute approximate surface area is 202 Å². The summed E-state index contributed by atoms with van der Waals surface area (Å²) in [6.07, 6.45) is 2.59. The van der Waals surface area contributed by atoms with Crippen LogP contribution in [0.2, 0.25) is 0 Å². The molecule has 26 heavy (non-hydrogen) atoms. The van der Waals surface area contributed by atoms with Crippen molar-refractivity contribution in [1.82, 2.24) is 4.67 Å². The molecule has 1 aliphatic heterocycles. The monoisotopic (exact) mass is 591 g/mol. The third-order valence-corrected chi connectivity index (χ3v) is 8.57. The summed E-state index contributed by atoms with van der Waals surface area (Å²) >= 11 is 59.1. The first-order valence-electron chi connectivity index (χ1n) is 7.18. The normalized spacial score (nSPS) is 20.0. The van der Waals surface area contributed by atoms with Crippen molar-refractivity contribution < 1.29 is 13.6 Å². The Morgan fingerprint density at radius 2 is 0.923 bits per heavy atom. The molecule has 0 unspecified atom stereocenters. The summed E-state index contributed by atoms with van der Waals surface area (Å²) < 4.78 is 13.5. The molecule has 0 bridgehead atoms. The van der Waals surface area contributed by atoms with E-state index in [0.29, 0.717) is 13.1 Å². The Balaban J connectivity index is 3.23. The predicted molar refractivity (Wildman–Crippen MR) is 117 cm³/mol. The number of nitrogens with zero attached hydrogens (tertiary/aromatic N) is 1. The molecule has 0 saturated carbocycles. The maximum absolute atomic E-state index is 6.86. The molecule has 15 heteroatoms. The summed E-state index contributed by atoms with van der Waals surface area (Å²) in [5.74, 6) is 0. The molecule has 1 heterocycles. The van der Waals surface area contributed by atoms with E-state index in [1.54, 1.807) is 4.67 Å². The first-order valence-corrected chi connectivity index (χ1v) is 13.4. The van der Waals surface area contributed by atoms with Gasteiger partial charge in [0.1, 0.15) is 0 Å². The summed E-state index contributed by atoms with van der Waals surface area (Å²) in [7, 11) is 0. The number of hydrogen-bond acceptors (Lipinski definition) is 4. The van der Waals surface area contributed by atoms with Gasteiger partial charge in [0.2, 0.25) is 0 Å². The average Bonchev–Trinajstić information content (AvgIpc) is 2.49. The van der Waals surface area contributed by atoms with Gasteiger partial charge in [-0.1, -0.05) is 0 Å². The van der Waals surface area contributed by atoms with Crippen molar-refractivity contribution in [3.8, 4) is 0 Å². The van der Waals surface area contributed by atoms with E-state index in [1.165, 1.54) is 0 Å². The number of piperidine rings is 1. The summed E-state index contributed by atoms with van der Waals surface area (Å²) in [4.78, 5) is 0. The van der Waals surface area contributed by atoms with Crippen molar-refractivity contribution in [3.63, 3.8) is 0 Å². The molecule has 0 aromatic heterocycles. The number of halogens is 10. The second-order valence-electron chi connectivity index (χ2n) is 5.43. The Morgan fingerprint density at radius 1 is 0.615 bits per heavy atom. The van der Waals surface area contributed by atoms with Gasteiger partial charge in [0.05, 0.1) is 0 Å². The van der Waals surface area contributed by atoms with Gasteiger partial charge >= 0.3 is 204 Å². The maximum atomic E-state index is 6.86. The Kier molecular flexibility index (Phi) is 10.7. The van der Waals surface area contributed by atoms with Crippen molar-refractivity contribution in [2.24, 2.45) is 0 Å². The van der Waals surface area contributed by atoms with Gasteiger partial charge in [0.25, 0.3) is 0 Å². The molecule has 1 aliphatic rings. The van der Waals surface area contributed by atoms with E-state index in [9.17, 15) is 0 Å². The van der Waals surface area contributed by atoms with E-state index in [2.05, 4.69) is 0 Å². The van der Waals surface area contributed by atoms with Gasteiger partial charge in [-0.3, -0.25) is 0 Å². The molecule has 0 aliphatic carbocycles. The van der Waals surface area contributed by atoms with E-state index in [-0.39, 0.29) is 0 Å². The minimum absolute atomic E-state index is 0.463. The van der Waals surface area contributed by atoms with Crippen LogP contribution in [0.15, 0.2) is 0 Å². The molecular formula is C11H16Cl10NO3P. The van der Waals surface area contributed by atoms with Crippen LogP contribution in [0.25, 0.3) is 0 Å². The fourth-order valence-electron chi connectivity index (χ4n) is 2.09. The second kappa shape index (κ2) is 10.2. The van der Waals surface area contributed by atoms with Crippen LogP contribution in [0.3, 0.4) is 0 Å². The van der Waals surface area contributed by atoms with Gasteiger partial charge in [-0.25, -0.2) is 0 Å². The standard InChI is InChI=1S/C11H16Cl10NO3P/c12-9(13,14)6-23-26(21,24-7-10(15,16)17,25-8-11(18,19)20)22-4-2-1-3-5-22/h1-8H2. The quantitative estimate of drug-likeness (QED) is 0.221. The van der Waals surface area contributed by atoms with Gasteiger partial charge in [0, 0.05) is 0 Å². The zero-order chi connectivity index (χ0) is 20.3. The minimum atomic E-state index is -4.68. The van der Waals surface area contributed by atoms with Crippen molar-refractivity contribution in [3.05, 3.63) is 0 Å². The molecule has 0 N–H and O–H groups in total. The van der Waals surface area contributed by atoms with Crippen molar-refractivity contribution in [1.29, 1.82) is 0 Å². The van der Waals surface area contributed by atoms with Crippen LogP contribution >= 0.6 is 122 Å². The predicted octanol–water partition coefficient (Wildman–Crippen LogP) is 8.00. The molecule has 0 aromatic carbocycles. The van der Waals surface area contributed by atoms with E-state index in [1.807, 2.05) is 0 Å². The molecule has 1 rings (SSSR count). The Hall–Kier alpha value is 3.17. The van der Waals surface area contributed by atoms with E-state index < -0.39 is 38.0 Å². The zero-order valence-electron chi connectivity index (χ0n) is 13.1. The molecule has 0 atom stereocenters. The third-order valence-electron chi connectivity index (χ3n) is 3.11. The molecule has 1 saturated heterocycles. The van der Waals surface area contributed by atoms with Crippen molar-refractivity contribution >= 4 is 122 Å². The number of alkyl halides is 9. The first kappa shape index (κ1) is 27.2. The topological polar surface area (TPSA) is 30.9 Å². The molecular weight excluding hydrogens is 580 g/mol. The fraction of sp³-hybridized carbons (Fsp3) is 1.00. The summed E-state index contributed by atoms with van der Waals surface area (Å²) in [6.45, 7) is -5.12. The second-order valence-corrected chi connectivity index (χ2v) is 17.5. The van der Waals surface area contributed by atoms with Crippen molar-refractivity contribution in [2.45, 2.75) is 30.6 Å². The van der Waals surface area contributed by atoms with E-state index in [4.69, 9.17) is 129 Å². The SMILES string of the molecule is ClC(Cl)(Cl)COP(Cl)(OCC(Cl)(Cl)Cl)(OCC(Cl)(Cl)Cl)N1CCCCC1. The molecule has 1 fully saturated rings. The van der Waals surface area contributed by atoms with E-state index >= 15 is 0 Å². The van der Waals surface area contributed by atoms with Crippen LogP contribution in [0.4, 0.5) is 0 Å². The van der Waals surface area contributed by atoms with Gasteiger partial charge in [-0.2, -0.15) is 0 Å². The zero-order valence-corrected chi connectivity index (χ0v) is 21.5. The van der Waals surface area contributed by atoms with Crippen molar-refractivity contribution in [2.75, 3.05) is 32.9 Å². The molecule has 4 nitrogen and oxygen atoms in total. The summed E-state index contributed by atoms with van der Waals surface area (Å²) in [6, 6.07) is 0. The van der Waals surface area contributed by atoms with Gasteiger partial charge in [0.15, 0.2) is 0 Å². The van der Waals surface area contributed by atoms with Crippen LogP contribution in [0.5, 0.6) is 0 Å². The van der Waals surface area contributed by atoms with Crippen LogP contribution in [0.1, 0.15) is 19.3 Å². The van der Waals surface area contributed by atoms with Gasteiger partial charge in [-0.15, -0.1) is 0 Å². The number of hydrogen-bond donors (Lipinski definition) is 0. The molecule has 0 radical (unpaired) electrons. The van der Waals surface area contributed by atoms with Crippen LogP contribution in [0, 0.1) is 0 Å². The Morgan fingerprint density at radius 3 is 1.19 bits per heavy atom. The Bertz CT molecular complexity index is 412. The van der Waals surface area contributed by atoms with Crippen LogP contribution in [-0.2, 0) is 13.6 Å². The fourth-order valence-corrected chi connectivity index (χ4v) is 7.01. The third kappa shape index (κ3) is 9.98. The summed E-state index contributed by atoms with van der Waals surface area (Å²) in [5.41, 5.74) is 0. The van der Waals surface area contributed by atoms with Crippen LogP contribution in [-0.4, -0.2) is 49.0 Å². The van der Waals surface area contributed by atoms with Crippen LogP contribution < -0.4 is 0 Å². The average molecular weight is 596 g/mol. The molecule has 0 amide bonds. The number of rotatable bonds is 7. The molecule has 0 aromatic rings. The van der Waals surface area contributed by atoms with Gasteiger partial charge in [-0.05, 0) is 0 Å². The van der Waals surface area contributed by atoms with E-state index in [0.717, 1.165) is 19.3 Å². The molecule has 158 valence electrons. The summed E-state index contributed by atoms with van der Waals surface area (Å²) in [5, 5.41) is 0.